The normalized spacial score (nSPS) is 10.2. The molecule has 0 spiro atoms. The van der Waals surface area contributed by atoms with Crippen LogP contribution in [0.15, 0.2) is 36.4 Å². The van der Waals surface area contributed by atoms with Crippen molar-refractivity contribution < 1.29 is 19.2 Å². The minimum Gasteiger partial charge on any atom is -0.383 e. The summed E-state index contributed by atoms with van der Waals surface area (Å²) in [6.45, 7) is 2.09. The van der Waals surface area contributed by atoms with E-state index >= 15 is 0 Å². The van der Waals surface area contributed by atoms with Crippen molar-refractivity contribution in [3.05, 3.63) is 57.1 Å². The van der Waals surface area contributed by atoms with E-state index in [4.69, 9.17) is 16.3 Å². The Kier molecular flexibility index (Phi) is 7.30. The first-order valence-electron chi connectivity index (χ1n) is 8.21. The minimum atomic E-state index is -0.583. The summed E-state index contributed by atoms with van der Waals surface area (Å²) in [5.41, 5.74) is 0.755. The van der Waals surface area contributed by atoms with Crippen LogP contribution in [-0.2, 0) is 9.53 Å². The van der Waals surface area contributed by atoms with Crippen LogP contribution in [0.5, 0.6) is 0 Å². The fourth-order valence-electron chi connectivity index (χ4n) is 2.37. The van der Waals surface area contributed by atoms with Gasteiger partial charge in [0, 0.05) is 37.2 Å². The van der Waals surface area contributed by atoms with Gasteiger partial charge in [-0.25, -0.2) is 0 Å². The molecule has 0 aliphatic carbocycles. The second kappa shape index (κ2) is 9.67. The Balaban J connectivity index is 2.27. The van der Waals surface area contributed by atoms with Crippen molar-refractivity contribution in [2.45, 2.75) is 6.92 Å². The third-order valence-corrected chi connectivity index (χ3v) is 3.85. The summed E-state index contributed by atoms with van der Waals surface area (Å²) in [5, 5.41) is 19.8. The quantitative estimate of drug-likeness (QED) is 0.350. The van der Waals surface area contributed by atoms with E-state index < -0.39 is 10.8 Å². The van der Waals surface area contributed by atoms with Gasteiger partial charge in [0.05, 0.1) is 22.9 Å². The zero-order chi connectivity index (χ0) is 20.7. The molecule has 0 radical (unpaired) electrons. The van der Waals surface area contributed by atoms with Crippen molar-refractivity contribution in [2.75, 3.05) is 36.2 Å². The van der Waals surface area contributed by atoms with E-state index in [-0.39, 0.29) is 28.5 Å². The van der Waals surface area contributed by atoms with Crippen molar-refractivity contribution in [1.82, 2.24) is 0 Å². The summed E-state index contributed by atoms with van der Waals surface area (Å²) in [6.07, 6.45) is 0. The van der Waals surface area contributed by atoms with Gasteiger partial charge in [-0.05, 0) is 30.3 Å². The Bertz CT molecular complexity index is 904. The first-order valence-corrected chi connectivity index (χ1v) is 8.59. The van der Waals surface area contributed by atoms with Crippen LogP contribution in [0.4, 0.5) is 22.7 Å². The first-order chi connectivity index (χ1) is 13.3. The smallest absolute Gasteiger partial charge is 0.293 e. The highest BCUT2D eigenvalue weighted by Crippen LogP contribution is 2.28. The Morgan fingerprint density at radius 3 is 2.46 bits per heavy atom. The van der Waals surface area contributed by atoms with Crippen molar-refractivity contribution in [3.63, 3.8) is 0 Å². The Morgan fingerprint density at radius 1 is 1.11 bits per heavy atom. The number of nitrogens with zero attached hydrogens (tertiary/aromatic N) is 1. The highest BCUT2D eigenvalue weighted by atomic mass is 35.5. The molecule has 28 heavy (non-hydrogen) atoms. The van der Waals surface area contributed by atoms with Crippen molar-refractivity contribution in [2.24, 2.45) is 0 Å². The van der Waals surface area contributed by atoms with Gasteiger partial charge in [0.2, 0.25) is 5.91 Å². The van der Waals surface area contributed by atoms with Crippen LogP contribution in [-0.4, -0.2) is 37.0 Å². The lowest BCUT2D eigenvalue weighted by Gasteiger charge is -2.13. The molecule has 0 heterocycles. The third-order valence-electron chi connectivity index (χ3n) is 3.62. The molecule has 0 unspecified atom stereocenters. The molecule has 0 bridgehead atoms. The number of carbonyl (C=O) groups excluding carboxylic acids is 2. The monoisotopic (exact) mass is 406 g/mol. The number of rotatable bonds is 8. The second-order valence-electron chi connectivity index (χ2n) is 5.73. The Hall–Kier alpha value is -3.17. The molecule has 0 fully saturated rings. The topological polar surface area (TPSA) is 123 Å². The molecule has 0 saturated carbocycles. The van der Waals surface area contributed by atoms with E-state index in [1.165, 1.54) is 38.3 Å². The van der Waals surface area contributed by atoms with Crippen molar-refractivity contribution >= 4 is 46.2 Å². The molecule has 0 aromatic heterocycles. The van der Waals surface area contributed by atoms with E-state index in [0.29, 0.717) is 23.9 Å². The molecule has 2 aromatic carbocycles. The number of hydrogen-bond acceptors (Lipinski definition) is 6. The van der Waals surface area contributed by atoms with E-state index in [9.17, 15) is 19.7 Å². The first kappa shape index (κ1) is 21.1. The SMILES string of the molecule is COCCNc1ccc(C(=O)Nc2cc(Cl)ccc2NC(C)=O)cc1[N+](=O)[O-]. The predicted molar refractivity (Wildman–Crippen MR) is 107 cm³/mol. The Morgan fingerprint density at radius 2 is 1.82 bits per heavy atom. The molecule has 9 nitrogen and oxygen atoms in total. The van der Waals surface area contributed by atoms with E-state index in [1.807, 2.05) is 0 Å². The largest absolute Gasteiger partial charge is 0.383 e. The number of nitro benzene ring substituents is 1. The van der Waals surface area contributed by atoms with Gasteiger partial charge in [0.15, 0.2) is 0 Å². The lowest BCUT2D eigenvalue weighted by Crippen LogP contribution is -2.16. The van der Waals surface area contributed by atoms with Crippen LogP contribution in [0.2, 0.25) is 5.02 Å². The number of hydrogen-bond donors (Lipinski definition) is 3. The van der Waals surface area contributed by atoms with Gasteiger partial charge in [-0.15, -0.1) is 0 Å². The standard InChI is InChI=1S/C18H19ClN4O5/c1-11(24)21-14-6-4-13(19)10-16(14)22-18(25)12-3-5-15(20-7-8-28-2)17(9-12)23(26)27/h3-6,9-10,20H,7-8H2,1-2H3,(H,21,24)(H,22,25). The number of amides is 2. The average Bonchev–Trinajstić information content (AvgIpc) is 2.63. The summed E-state index contributed by atoms with van der Waals surface area (Å²) in [4.78, 5) is 34.7. The molecular weight excluding hydrogens is 388 g/mol. The molecular formula is C18H19ClN4O5. The molecule has 10 heteroatoms. The molecule has 3 N–H and O–H groups in total. The number of nitro groups is 1. The number of halogens is 1. The van der Waals surface area contributed by atoms with Crippen LogP contribution in [0.25, 0.3) is 0 Å². The number of methoxy groups -OCH3 is 1. The zero-order valence-electron chi connectivity index (χ0n) is 15.2. The Labute approximate surface area is 166 Å². The average molecular weight is 407 g/mol. The molecule has 0 aliphatic heterocycles. The lowest BCUT2D eigenvalue weighted by molar-refractivity contribution is -0.384. The summed E-state index contributed by atoms with van der Waals surface area (Å²) in [7, 11) is 1.52. The molecule has 2 aromatic rings. The maximum absolute atomic E-state index is 12.6. The summed E-state index contributed by atoms with van der Waals surface area (Å²) >= 11 is 5.96. The van der Waals surface area contributed by atoms with Crippen LogP contribution in [0, 0.1) is 10.1 Å². The number of nitrogens with one attached hydrogen (secondary N) is 3. The van der Waals surface area contributed by atoms with Gasteiger partial charge in [0.25, 0.3) is 11.6 Å². The lowest BCUT2D eigenvalue weighted by atomic mass is 10.1. The summed E-state index contributed by atoms with van der Waals surface area (Å²) in [6, 6.07) is 8.67. The highest BCUT2D eigenvalue weighted by molar-refractivity contribution is 6.31. The van der Waals surface area contributed by atoms with Gasteiger partial charge in [-0.1, -0.05) is 11.6 Å². The van der Waals surface area contributed by atoms with Gasteiger partial charge < -0.3 is 20.7 Å². The molecule has 0 atom stereocenters. The number of ether oxygens (including phenoxy) is 1. The summed E-state index contributed by atoms with van der Waals surface area (Å²) < 4.78 is 4.90. The maximum atomic E-state index is 12.6. The second-order valence-corrected chi connectivity index (χ2v) is 6.17. The maximum Gasteiger partial charge on any atom is 0.293 e. The van der Waals surface area contributed by atoms with Crippen molar-refractivity contribution in [3.8, 4) is 0 Å². The summed E-state index contributed by atoms with van der Waals surface area (Å²) in [5.74, 6) is -0.902. The molecule has 148 valence electrons. The van der Waals surface area contributed by atoms with Crippen LogP contribution in [0.3, 0.4) is 0 Å². The predicted octanol–water partition coefficient (Wildman–Crippen LogP) is 3.52. The number of benzene rings is 2. The molecule has 0 aliphatic rings. The molecule has 2 rings (SSSR count). The van der Waals surface area contributed by atoms with Gasteiger partial charge >= 0.3 is 0 Å². The molecule has 0 saturated heterocycles. The number of anilines is 3. The van der Waals surface area contributed by atoms with Gasteiger partial charge in [-0.3, -0.25) is 19.7 Å². The zero-order valence-corrected chi connectivity index (χ0v) is 16.0. The van der Waals surface area contributed by atoms with Crippen molar-refractivity contribution in [1.29, 1.82) is 0 Å². The fourth-order valence-corrected chi connectivity index (χ4v) is 2.55. The van der Waals surface area contributed by atoms with E-state index in [2.05, 4.69) is 16.0 Å². The highest BCUT2D eigenvalue weighted by Gasteiger charge is 2.18. The molecule has 2 amide bonds. The minimum absolute atomic E-state index is 0.0812. The van der Waals surface area contributed by atoms with E-state index in [0.717, 1.165) is 0 Å². The third kappa shape index (κ3) is 5.66. The van der Waals surface area contributed by atoms with Crippen LogP contribution in [0.1, 0.15) is 17.3 Å². The number of carbonyl (C=O) groups is 2. The van der Waals surface area contributed by atoms with Gasteiger partial charge in [0.1, 0.15) is 5.69 Å². The fraction of sp³-hybridized carbons (Fsp3) is 0.222. The van der Waals surface area contributed by atoms with Crippen LogP contribution >= 0.6 is 11.6 Å². The van der Waals surface area contributed by atoms with Gasteiger partial charge in [-0.2, -0.15) is 0 Å². The van der Waals surface area contributed by atoms with Crippen LogP contribution < -0.4 is 16.0 Å². The van der Waals surface area contributed by atoms with E-state index in [1.54, 1.807) is 12.1 Å².